The molecular formula is C15H23NO3. The van der Waals surface area contributed by atoms with E-state index in [0.717, 1.165) is 43.9 Å². The molecule has 0 spiro atoms. The molecule has 1 aliphatic rings. The molecule has 106 valence electrons. The van der Waals surface area contributed by atoms with Crippen LogP contribution in [0.4, 0.5) is 0 Å². The van der Waals surface area contributed by atoms with Gasteiger partial charge in [0.2, 0.25) is 0 Å². The summed E-state index contributed by atoms with van der Waals surface area (Å²) in [7, 11) is 1.64. The lowest BCUT2D eigenvalue weighted by atomic mass is 10.1. The third-order valence-corrected chi connectivity index (χ3v) is 3.63. The van der Waals surface area contributed by atoms with Crippen LogP contribution >= 0.6 is 0 Å². The second kappa shape index (κ2) is 7.36. The zero-order valence-corrected chi connectivity index (χ0v) is 11.5. The summed E-state index contributed by atoms with van der Waals surface area (Å²) in [6, 6.07) is 7.64. The van der Waals surface area contributed by atoms with Crippen LogP contribution in [-0.4, -0.2) is 38.0 Å². The van der Waals surface area contributed by atoms with Crippen LogP contribution in [0.1, 0.15) is 19.3 Å². The predicted octanol–water partition coefficient (Wildman–Crippen LogP) is 1.82. The number of rotatable bonds is 7. The fraction of sp³-hybridized carbons (Fsp3) is 0.600. The van der Waals surface area contributed by atoms with E-state index in [-0.39, 0.29) is 6.10 Å². The van der Waals surface area contributed by atoms with Gasteiger partial charge < -0.3 is 19.9 Å². The highest BCUT2D eigenvalue weighted by molar-refractivity contribution is 5.39. The molecule has 2 unspecified atom stereocenters. The summed E-state index contributed by atoms with van der Waals surface area (Å²) in [6.45, 7) is 2.25. The number of aliphatic hydroxyl groups excluding tert-OH is 1. The minimum absolute atomic E-state index is 0.123. The van der Waals surface area contributed by atoms with Gasteiger partial charge in [-0.15, -0.1) is 0 Å². The summed E-state index contributed by atoms with van der Waals surface area (Å²) in [4.78, 5) is 0. The summed E-state index contributed by atoms with van der Waals surface area (Å²) >= 11 is 0. The van der Waals surface area contributed by atoms with Gasteiger partial charge in [-0.05, 0) is 30.9 Å². The first-order valence-corrected chi connectivity index (χ1v) is 6.96. The van der Waals surface area contributed by atoms with Crippen molar-refractivity contribution in [1.29, 1.82) is 0 Å². The topological polar surface area (TPSA) is 50.7 Å². The number of para-hydroxylation sites is 2. The number of benzene rings is 1. The predicted molar refractivity (Wildman–Crippen MR) is 74.7 cm³/mol. The van der Waals surface area contributed by atoms with Crippen LogP contribution in [0.15, 0.2) is 24.3 Å². The molecule has 2 N–H and O–H groups in total. The first kappa shape index (κ1) is 14.2. The molecule has 0 bridgehead atoms. The number of hydrogen-bond donors (Lipinski definition) is 2. The van der Waals surface area contributed by atoms with Gasteiger partial charge in [0.25, 0.3) is 0 Å². The van der Waals surface area contributed by atoms with Crippen molar-refractivity contribution in [3.8, 4) is 11.5 Å². The molecule has 2 rings (SSSR count). The maximum absolute atomic E-state index is 9.70. The minimum atomic E-state index is -0.123. The summed E-state index contributed by atoms with van der Waals surface area (Å²) in [5.74, 6) is 1.94. The lowest BCUT2D eigenvalue weighted by Crippen LogP contribution is -2.30. The highest BCUT2D eigenvalue weighted by Crippen LogP contribution is 2.26. The Kier molecular flexibility index (Phi) is 5.48. The van der Waals surface area contributed by atoms with Crippen LogP contribution in [0, 0.1) is 5.92 Å². The molecule has 2 atom stereocenters. The fourth-order valence-electron chi connectivity index (χ4n) is 2.51. The van der Waals surface area contributed by atoms with Gasteiger partial charge in [0.15, 0.2) is 11.5 Å². The Labute approximate surface area is 114 Å². The highest BCUT2D eigenvalue weighted by atomic mass is 16.5. The van der Waals surface area contributed by atoms with E-state index in [9.17, 15) is 5.11 Å². The van der Waals surface area contributed by atoms with Crippen molar-refractivity contribution in [2.75, 3.05) is 26.8 Å². The Hall–Kier alpha value is -1.26. The molecule has 1 fully saturated rings. The minimum Gasteiger partial charge on any atom is -0.493 e. The smallest absolute Gasteiger partial charge is 0.161 e. The van der Waals surface area contributed by atoms with Crippen molar-refractivity contribution < 1.29 is 14.6 Å². The summed E-state index contributed by atoms with van der Waals surface area (Å²) in [5.41, 5.74) is 0. The maximum Gasteiger partial charge on any atom is 0.161 e. The zero-order chi connectivity index (χ0) is 13.5. The summed E-state index contributed by atoms with van der Waals surface area (Å²) < 4.78 is 10.9. The van der Waals surface area contributed by atoms with E-state index in [1.165, 1.54) is 0 Å². The van der Waals surface area contributed by atoms with Crippen molar-refractivity contribution in [2.24, 2.45) is 5.92 Å². The summed E-state index contributed by atoms with van der Waals surface area (Å²) in [5, 5.41) is 13.0. The molecule has 0 aliphatic heterocycles. The number of aliphatic hydroxyl groups is 1. The first-order valence-electron chi connectivity index (χ1n) is 6.96. The van der Waals surface area contributed by atoms with Gasteiger partial charge in [0.1, 0.15) is 6.61 Å². The molecule has 1 aromatic rings. The van der Waals surface area contributed by atoms with E-state index in [0.29, 0.717) is 12.5 Å². The normalized spacial score (nSPS) is 22.4. The second-order valence-corrected chi connectivity index (χ2v) is 4.96. The van der Waals surface area contributed by atoms with Crippen molar-refractivity contribution in [3.63, 3.8) is 0 Å². The van der Waals surface area contributed by atoms with Crippen LogP contribution in [-0.2, 0) is 0 Å². The molecular weight excluding hydrogens is 242 g/mol. The third kappa shape index (κ3) is 4.11. The van der Waals surface area contributed by atoms with E-state index in [2.05, 4.69) is 5.32 Å². The Morgan fingerprint density at radius 3 is 2.74 bits per heavy atom. The zero-order valence-electron chi connectivity index (χ0n) is 11.5. The average molecular weight is 265 g/mol. The number of ether oxygens (including phenoxy) is 2. The Morgan fingerprint density at radius 1 is 1.26 bits per heavy atom. The van der Waals surface area contributed by atoms with Crippen molar-refractivity contribution in [2.45, 2.75) is 25.4 Å². The average Bonchev–Trinajstić information content (AvgIpc) is 2.84. The molecule has 0 amide bonds. The molecule has 1 aliphatic carbocycles. The second-order valence-electron chi connectivity index (χ2n) is 4.96. The van der Waals surface area contributed by atoms with Crippen LogP contribution < -0.4 is 14.8 Å². The number of hydrogen-bond acceptors (Lipinski definition) is 4. The van der Waals surface area contributed by atoms with Gasteiger partial charge in [-0.2, -0.15) is 0 Å². The lowest BCUT2D eigenvalue weighted by molar-refractivity contribution is 0.131. The largest absolute Gasteiger partial charge is 0.493 e. The molecule has 0 aromatic heterocycles. The molecule has 0 radical (unpaired) electrons. The first-order chi connectivity index (χ1) is 9.31. The molecule has 1 saturated carbocycles. The van der Waals surface area contributed by atoms with Crippen LogP contribution in [0.3, 0.4) is 0 Å². The van der Waals surface area contributed by atoms with Crippen LogP contribution in [0.5, 0.6) is 11.5 Å². The standard InChI is InChI=1S/C15H23NO3/c1-18-14-7-2-3-8-15(14)19-10-9-16-11-12-5-4-6-13(12)17/h2-3,7-8,12-13,16-17H,4-6,9-11H2,1H3. The maximum atomic E-state index is 9.70. The number of nitrogens with one attached hydrogen (secondary N) is 1. The SMILES string of the molecule is COc1ccccc1OCCNCC1CCCC1O. The van der Waals surface area contributed by atoms with Crippen LogP contribution in [0.25, 0.3) is 0 Å². The number of methoxy groups -OCH3 is 1. The van der Waals surface area contributed by atoms with Gasteiger partial charge in [-0.3, -0.25) is 0 Å². The van der Waals surface area contributed by atoms with Crippen molar-refractivity contribution in [3.05, 3.63) is 24.3 Å². The van der Waals surface area contributed by atoms with Gasteiger partial charge in [-0.25, -0.2) is 0 Å². The van der Waals surface area contributed by atoms with Crippen molar-refractivity contribution in [1.82, 2.24) is 5.32 Å². The Morgan fingerprint density at radius 2 is 2.05 bits per heavy atom. The highest BCUT2D eigenvalue weighted by Gasteiger charge is 2.24. The van der Waals surface area contributed by atoms with Gasteiger partial charge in [0, 0.05) is 13.1 Å². The van der Waals surface area contributed by atoms with E-state index in [4.69, 9.17) is 9.47 Å². The van der Waals surface area contributed by atoms with E-state index in [1.54, 1.807) is 7.11 Å². The molecule has 19 heavy (non-hydrogen) atoms. The van der Waals surface area contributed by atoms with E-state index >= 15 is 0 Å². The fourth-order valence-corrected chi connectivity index (χ4v) is 2.51. The quantitative estimate of drug-likeness (QED) is 0.738. The Balaban J connectivity index is 1.64. The molecule has 4 nitrogen and oxygen atoms in total. The summed E-state index contributed by atoms with van der Waals surface area (Å²) in [6.07, 6.45) is 3.10. The van der Waals surface area contributed by atoms with Crippen molar-refractivity contribution >= 4 is 0 Å². The Bertz CT molecular complexity index is 383. The molecule has 0 heterocycles. The molecule has 0 saturated heterocycles. The van der Waals surface area contributed by atoms with E-state index < -0.39 is 0 Å². The van der Waals surface area contributed by atoms with Gasteiger partial charge in [0.05, 0.1) is 13.2 Å². The molecule has 1 aromatic carbocycles. The molecule has 4 heteroatoms. The van der Waals surface area contributed by atoms with Gasteiger partial charge in [-0.1, -0.05) is 18.6 Å². The van der Waals surface area contributed by atoms with Crippen LogP contribution in [0.2, 0.25) is 0 Å². The van der Waals surface area contributed by atoms with Gasteiger partial charge >= 0.3 is 0 Å². The third-order valence-electron chi connectivity index (χ3n) is 3.63. The monoisotopic (exact) mass is 265 g/mol. The van der Waals surface area contributed by atoms with E-state index in [1.807, 2.05) is 24.3 Å². The lowest BCUT2D eigenvalue weighted by Gasteiger charge is -2.15.